The molecule has 7 heteroatoms. The molecule has 0 fully saturated rings. The number of rotatable bonds is 3. The molecule has 0 aliphatic rings. The normalized spacial score (nSPS) is 11.6. The van der Waals surface area contributed by atoms with Crippen molar-refractivity contribution in [2.24, 2.45) is 7.05 Å². The summed E-state index contributed by atoms with van der Waals surface area (Å²) in [5.74, 6) is 0.688. The molecular weight excluding hydrogens is 415 g/mol. The predicted molar refractivity (Wildman–Crippen MR) is 128 cm³/mol. The molecule has 2 N–H and O–H groups in total. The van der Waals surface area contributed by atoms with Crippen LogP contribution in [-0.4, -0.2) is 29.7 Å². The molecule has 4 aromatic heterocycles. The maximum Gasteiger partial charge on any atom is 0.135 e. The Morgan fingerprint density at radius 2 is 1.85 bits per heavy atom. The van der Waals surface area contributed by atoms with E-state index in [0.29, 0.717) is 0 Å². The third-order valence-electron chi connectivity index (χ3n) is 6.16. The highest BCUT2D eigenvalue weighted by Crippen LogP contribution is 2.34. The van der Waals surface area contributed by atoms with E-state index in [2.05, 4.69) is 26.2 Å². The third-order valence-corrected chi connectivity index (χ3v) is 6.16. The first-order chi connectivity index (χ1) is 16.0. The molecule has 0 saturated heterocycles. The van der Waals surface area contributed by atoms with E-state index < -0.39 is 0 Å². The molecule has 0 radical (unpaired) electrons. The fourth-order valence-electron chi connectivity index (χ4n) is 4.40. The second-order valence-corrected chi connectivity index (χ2v) is 8.38. The molecule has 2 aromatic carbocycles. The van der Waals surface area contributed by atoms with Crippen LogP contribution in [0.5, 0.6) is 0 Å². The van der Waals surface area contributed by atoms with Gasteiger partial charge in [-0.2, -0.15) is 5.10 Å². The molecule has 6 rings (SSSR count). The summed E-state index contributed by atoms with van der Waals surface area (Å²) < 4.78 is 16.1. The summed E-state index contributed by atoms with van der Waals surface area (Å²) in [6.45, 7) is 3.87. The van der Waals surface area contributed by atoms with Gasteiger partial charge < -0.3 is 9.55 Å². The Hall–Kier alpha value is -4.26. The maximum atomic E-state index is 14.1. The van der Waals surface area contributed by atoms with E-state index in [1.807, 2.05) is 68.1 Å². The molecule has 0 amide bonds. The van der Waals surface area contributed by atoms with Gasteiger partial charge in [-0.25, -0.2) is 14.4 Å². The Balaban J connectivity index is 1.52. The van der Waals surface area contributed by atoms with Crippen molar-refractivity contribution in [1.82, 2.24) is 29.7 Å². The van der Waals surface area contributed by atoms with Crippen molar-refractivity contribution in [2.75, 3.05) is 0 Å². The Bertz CT molecular complexity index is 1650. The molecule has 0 aliphatic carbocycles. The lowest BCUT2D eigenvalue weighted by molar-refractivity contribution is 0.627. The number of H-pyrrole nitrogens is 2. The molecule has 6 aromatic rings. The lowest BCUT2D eigenvalue weighted by Crippen LogP contribution is -1.96. The lowest BCUT2D eigenvalue weighted by atomic mass is 10.00. The number of imidazole rings is 1. The first kappa shape index (κ1) is 19.4. The Kier molecular flexibility index (Phi) is 4.20. The van der Waals surface area contributed by atoms with Gasteiger partial charge in [-0.15, -0.1) is 0 Å². The summed E-state index contributed by atoms with van der Waals surface area (Å²) in [6, 6.07) is 17.1. The van der Waals surface area contributed by atoms with Gasteiger partial charge in [0.2, 0.25) is 0 Å². The van der Waals surface area contributed by atoms with Crippen molar-refractivity contribution in [3.63, 3.8) is 0 Å². The van der Waals surface area contributed by atoms with E-state index in [9.17, 15) is 4.39 Å². The first-order valence-corrected chi connectivity index (χ1v) is 10.7. The van der Waals surface area contributed by atoms with Crippen LogP contribution in [0.1, 0.15) is 11.4 Å². The van der Waals surface area contributed by atoms with Crippen LogP contribution >= 0.6 is 0 Å². The smallest absolute Gasteiger partial charge is 0.135 e. The summed E-state index contributed by atoms with van der Waals surface area (Å²) in [5.41, 5.74) is 8.66. The number of nitrogens with zero attached hydrogens (tertiary/aromatic N) is 4. The zero-order chi connectivity index (χ0) is 22.7. The van der Waals surface area contributed by atoms with E-state index in [1.54, 1.807) is 6.07 Å². The van der Waals surface area contributed by atoms with Crippen molar-refractivity contribution in [2.45, 2.75) is 13.8 Å². The number of aryl methyl sites for hydroxylation is 2. The number of aromatic nitrogens is 6. The van der Waals surface area contributed by atoms with Gasteiger partial charge in [-0.3, -0.25) is 5.10 Å². The van der Waals surface area contributed by atoms with Crippen LogP contribution in [0, 0.1) is 19.7 Å². The molecule has 0 saturated carbocycles. The zero-order valence-electron chi connectivity index (χ0n) is 18.4. The molecule has 0 unspecified atom stereocenters. The summed E-state index contributed by atoms with van der Waals surface area (Å²) in [7, 11) is 1.98. The van der Waals surface area contributed by atoms with Gasteiger partial charge in [0.1, 0.15) is 22.9 Å². The fourth-order valence-corrected chi connectivity index (χ4v) is 4.40. The fraction of sp³-hybridized carbons (Fsp3) is 0.115. The van der Waals surface area contributed by atoms with Crippen LogP contribution in [0.15, 0.2) is 60.8 Å². The van der Waals surface area contributed by atoms with Gasteiger partial charge >= 0.3 is 0 Å². The van der Waals surface area contributed by atoms with Crippen molar-refractivity contribution in [3.05, 3.63) is 78.0 Å². The Labute approximate surface area is 189 Å². The second kappa shape index (κ2) is 7.13. The average Bonchev–Trinajstić information content (AvgIpc) is 3.49. The number of hydrogen-bond acceptors (Lipinski definition) is 3. The maximum absolute atomic E-state index is 14.1. The monoisotopic (exact) mass is 436 g/mol. The van der Waals surface area contributed by atoms with Crippen LogP contribution in [0.25, 0.3) is 55.8 Å². The van der Waals surface area contributed by atoms with Gasteiger partial charge in [0.15, 0.2) is 0 Å². The molecule has 4 heterocycles. The third kappa shape index (κ3) is 3.12. The van der Waals surface area contributed by atoms with Crippen LogP contribution in [0.2, 0.25) is 0 Å². The number of benzene rings is 2. The number of halogens is 1. The van der Waals surface area contributed by atoms with Gasteiger partial charge in [-0.1, -0.05) is 18.2 Å². The summed E-state index contributed by atoms with van der Waals surface area (Å²) in [4.78, 5) is 12.8. The Morgan fingerprint density at radius 1 is 0.970 bits per heavy atom. The minimum atomic E-state index is -0.238. The van der Waals surface area contributed by atoms with Crippen molar-refractivity contribution < 1.29 is 4.39 Å². The summed E-state index contributed by atoms with van der Waals surface area (Å²) in [6.07, 6.45) is 1.83. The highest BCUT2D eigenvalue weighted by Gasteiger charge is 2.16. The predicted octanol–water partition coefficient (Wildman–Crippen LogP) is 5.93. The highest BCUT2D eigenvalue weighted by atomic mass is 19.1. The van der Waals surface area contributed by atoms with E-state index in [1.165, 1.54) is 6.07 Å². The summed E-state index contributed by atoms with van der Waals surface area (Å²) >= 11 is 0. The van der Waals surface area contributed by atoms with Crippen molar-refractivity contribution in [1.29, 1.82) is 0 Å². The molecule has 0 spiro atoms. The molecular formula is C26H21FN6. The van der Waals surface area contributed by atoms with E-state index >= 15 is 0 Å². The minimum Gasteiger partial charge on any atom is -0.353 e. The van der Waals surface area contributed by atoms with Crippen molar-refractivity contribution >= 4 is 21.9 Å². The van der Waals surface area contributed by atoms with Crippen LogP contribution in [-0.2, 0) is 7.05 Å². The van der Waals surface area contributed by atoms with Crippen LogP contribution < -0.4 is 0 Å². The van der Waals surface area contributed by atoms with Crippen LogP contribution in [0.4, 0.5) is 4.39 Å². The van der Waals surface area contributed by atoms with Gasteiger partial charge in [0.25, 0.3) is 0 Å². The van der Waals surface area contributed by atoms with E-state index in [0.717, 1.165) is 67.2 Å². The number of fused-ring (bicyclic) bond motifs is 2. The van der Waals surface area contributed by atoms with Gasteiger partial charge in [-0.05, 0) is 66.9 Å². The molecule has 162 valence electrons. The van der Waals surface area contributed by atoms with Crippen molar-refractivity contribution in [3.8, 4) is 33.9 Å². The summed E-state index contributed by atoms with van der Waals surface area (Å²) in [5, 5.41) is 8.65. The van der Waals surface area contributed by atoms with Gasteiger partial charge in [0, 0.05) is 18.0 Å². The average molecular weight is 436 g/mol. The van der Waals surface area contributed by atoms with Crippen LogP contribution in [0.3, 0.4) is 0 Å². The highest BCUT2D eigenvalue weighted by molar-refractivity contribution is 6.00. The molecule has 33 heavy (non-hydrogen) atoms. The molecule has 0 aliphatic heterocycles. The molecule has 6 nitrogen and oxygen atoms in total. The topological polar surface area (TPSA) is 75.2 Å². The number of hydrogen-bond donors (Lipinski definition) is 2. The first-order valence-electron chi connectivity index (χ1n) is 10.7. The minimum absolute atomic E-state index is 0.238. The quantitative estimate of drug-likeness (QED) is 0.361. The van der Waals surface area contributed by atoms with E-state index in [4.69, 9.17) is 4.98 Å². The second-order valence-electron chi connectivity index (χ2n) is 8.38. The SMILES string of the molecule is Cc1cc(F)cc(-c2cccc3[nH]c(-c4n[nH]c5ccc(-c6cnc(C)n6C)nc45)cc23)c1. The number of pyridine rings is 1. The lowest BCUT2D eigenvalue weighted by Gasteiger charge is -2.05. The number of nitrogens with one attached hydrogen (secondary N) is 2. The molecule has 0 atom stereocenters. The zero-order valence-corrected chi connectivity index (χ0v) is 18.4. The largest absolute Gasteiger partial charge is 0.353 e. The van der Waals surface area contributed by atoms with E-state index in [-0.39, 0.29) is 5.82 Å². The van der Waals surface area contributed by atoms with Gasteiger partial charge in [0.05, 0.1) is 28.8 Å². The Morgan fingerprint density at radius 3 is 2.64 bits per heavy atom. The molecule has 0 bridgehead atoms. The standard InChI is InChI=1S/C26H21FN6/c1-14-9-16(11-17(27)10-14)18-5-4-6-20-19(18)12-23(29-20)26-25-22(31-32-26)8-7-21(30-25)24-13-28-15(2)33(24)3/h4-13,29H,1-3H3,(H,31,32). The number of aromatic amines is 2.